The maximum atomic E-state index is 11.2. The first-order valence-corrected chi connectivity index (χ1v) is 7.75. The predicted octanol–water partition coefficient (Wildman–Crippen LogP) is 4.59. The van der Waals surface area contributed by atoms with Crippen molar-refractivity contribution in [3.8, 4) is 10.6 Å². The number of benzene rings is 1. The molecule has 2 heterocycles. The summed E-state index contributed by atoms with van der Waals surface area (Å²) in [5, 5.41) is 10.1. The van der Waals surface area contributed by atoms with Gasteiger partial charge in [0.2, 0.25) is 0 Å². The highest BCUT2D eigenvalue weighted by Gasteiger charge is 2.17. The average Bonchev–Trinajstić information content (AvgIpc) is 2.95. The van der Waals surface area contributed by atoms with Gasteiger partial charge in [-0.1, -0.05) is 12.1 Å². The van der Waals surface area contributed by atoms with Crippen LogP contribution in [0.25, 0.3) is 21.5 Å². The Morgan fingerprint density at radius 3 is 2.80 bits per heavy atom. The lowest BCUT2D eigenvalue weighted by Gasteiger charge is -1.99. The molecule has 0 bridgehead atoms. The fourth-order valence-corrected chi connectivity index (χ4v) is 3.71. The maximum Gasteiger partial charge on any atom is 0.307 e. The monoisotopic (exact) mass is 349 g/mol. The normalized spacial score (nSPS) is 11.1. The van der Waals surface area contributed by atoms with Crippen molar-refractivity contribution in [2.75, 3.05) is 0 Å². The number of aliphatic carboxylic acids is 1. The second kappa shape index (κ2) is 5.07. The first kappa shape index (κ1) is 13.4. The van der Waals surface area contributed by atoms with E-state index >= 15 is 0 Å². The number of thiophene rings is 1. The van der Waals surface area contributed by atoms with E-state index in [4.69, 9.17) is 5.11 Å². The zero-order valence-corrected chi connectivity index (χ0v) is 13.1. The van der Waals surface area contributed by atoms with Crippen LogP contribution in [0.15, 0.2) is 34.8 Å². The molecule has 2 N–H and O–H groups in total. The van der Waals surface area contributed by atoms with Gasteiger partial charge in [0.15, 0.2) is 0 Å². The molecular formula is C15H12BrNO2S. The number of carboxylic acids is 1. The number of para-hydroxylation sites is 1. The molecule has 0 saturated carbocycles. The van der Waals surface area contributed by atoms with Crippen molar-refractivity contribution in [3.63, 3.8) is 0 Å². The Kier molecular flexibility index (Phi) is 3.40. The fourth-order valence-electron chi connectivity index (χ4n) is 2.35. The summed E-state index contributed by atoms with van der Waals surface area (Å²) in [6.07, 6.45) is 0.0166. The van der Waals surface area contributed by atoms with E-state index in [1.54, 1.807) is 11.3 Å². The van der Waals surface area contributed by atoms with Crippen molar-refractivity contribution >= 4 is 44.1 Å². The van der Waals surface area contributed by atoms with Gasteiger partial charge in [-0.2, -0.15) is 0 Å². The molecule has 0 aliphatic carbocycles. The van der Waals surface area contributed by atoms with Gasteiger partial charge in [0.25, 0.3) is 0 Å². The van der Waals surface area contributed by atoms with Gasteiger partial charge in [-0.3, -0.25) is 4.79 Å². The van der Waals surface area contributed by atoms with E-state index in [2.05, 4.69) is 20.9 Å². The van der Waals surface area contributed by atoms with Crippen molar-refractivity contribution in [1.82, 2.24) is 4.98 Å². The van der Waals surface area contributed by atoms with Gasteiger partial charge in [0, 0.05) is 14.7 Å². The molecule has 5 heteroatoms. The van der Waals surface area contributed by atoms with E-state index in [1.807, 2.05) is 37.3 Å². The number of nitrogens with one attached hydrogen (secondary N) is 1. The Bertz CT molecular complexity index is 803. The van der Waals surface area contributed by atoms with Crippen LogP contribution in [-0.4, -0.2) is 16.1 Å². The molecule has 0 fully saturated rings. The zero-order valence-electron chi connectivity index (χ0n) is 10.7. The molecule has 1 aromatic carbocycles. The minimum atomic E-state index is -0.819. The maximum absolute atomic E-state index is 11.2. The lowest BCUT2D eigenvalue weighted by atomic mass is 10.1. The van der Waals surface area contributed by atoms with Crippen molar-refractivity contribution < 1.29 is 9.90 Å². The molecule has 0 atom stereocenters. The van der Waals surface area contributed by atoms with E-state index in [0.29, 0.717) is 0 Å². The largest absolute Gasteiger partial charge is 0.481 e. The van der Waals surface area contributed by atoms with E-state index in [-0.39, 0.29) is 6.42 Å². The second-order valence-electron chi connectivity index (χ2n) is 4.62. The Labute approximate surface area is 128 Å². The Morgan fingerprint density at radius 1 is 1.35 bits per heavy atom. The van der Waals surface area contributed by atoms with Crippen LogP contribution in [-0.2, 0) is 11.2 Å². The second-order valence-corrected chi connectivity index (χ2v) is 6.76. The highest BCUT2D eigenvalue weighted by Crippen LogP contribution is 2.36. The van der Waals surface area contributed by atoms with Crippen LogP contribution in [0.1, 0.15) is 10.4 Å². The van der Waals surface area contributed by atoms with Crippen molar-refractivity contribution in [3.05, 3.63) is 45.2 Å². The van der Waals surface area contributed by atoms with Gasteiger partial charge < -0.3 is 10.1 Å². The average molecular weight is 350 g/mol. The summed E-state index contributed by atoms with van der Waals surface area (Å²) in [6.45, 7) is 2.05. The number of hydrogen-bond acceptors (Lipinski definition) is 2. The summed E-state index contributed by atoms with van der Waals surface area (Å²) in [7, 11) is 0. The van der Waals surface area contributed by atoms with Crippen LogP contribution in [0.5, 0.6) is 0 Å². The molecule has 0 unspecified atom stereocenters. The number of H-pyrrole nitrogens is 1. The summed E-state index contributed by atoms with van der Waals surface area (Å²) < 4.78 is 0.946. The number of fused-ring (bicyclic) bond motifs is 1. The van der Waals surface area contributed by atoms with Gasteiger partial charge in [0.05, 0.1) is 22.5 Å². The number of aryl methyl sites for hydroxylation is 1. The highest BCUT2D eigenvalue weighted by atomic mass is 79.9. The molecule has 0 radical (unpaired) electrons. The molecule has 0 spiro atoms. The van der Waals surface area contributed by atoms with Crippen LogP contribution >= 0.6 is 27.3 Å². The first-order valence-electron chi connectivity index (χ1n) is 6.14. The van der Waals surface area contributed by atoms with E-state index in [0.717, 1.165) is 31.5 Å². The van der Waals surface area contributed by atoms with Crippen molar-refractivity contribution in [1.29, 1.82) is 0 Å². The van der Waals surface area contributed by atoms with Crippen LogP contribution in [0.4, 0.5) is 0 Å². The summed E-state index contributed by atoms with van der Waals surface area (Å²) in [6, 6.07) is 9.91. The van der Waals surface area contributed by atoms with Crippen LogP contribution in [0.3, 0.4) is 0 Å². The first-order chi connectivity index (χ1) is 9.56. The van der Waals surface area contributed by atoms with E-state index in [1.165, 1.54) is 4.88 Å². The summed E-state index contributed by atoms with van der Waals surface area (Å²) in [4.78, 5) is 16.8. The lowest BCUT2D eigenvalue weighted by Crippen LogP contribution is -2.00. The highest BCUT2D eigenvalue weighted by molar-refractivity contribution is 9.10. The molecule has 102 valence electrons. The van der Waals surface area contributed by atoms with Crippen LogP contribution < -0.4 is 0 Å². The Balaban J connectivity index is 2.29. The predicted molar refractivity (Wildman–Crippen MR) is 85.4 cm³/mol. The number of halogens is 1. The number of hydrogen-bond donors (Lipinski definition) is 2. The van der Waals surface area contributed by atoms with Gasteiger partial charge in [-0.05, 0) is 46.6 Å². The molecule has 20 heavy (non-hydrogen) atoms. The fraction of sp³-hybridized carbons (Fsp3) is 0.133. The molecular weight excluding hydrogens is 338 g/mol. The minimum absolute atomic E-state index is 0.0166. The number of aromatic nitrogens is 1. The number of carboxylic acid groups (broad SMARTS) is 1. The molecule has 2 aromatic heterocycles. The molecule has 0 aliphatic heterocycles. The number of aromatic amines is 1. The van der Waals surface area contributed by atoms with Gasteiger partial charge in [0.1, 0.15) is 0 Å². The topological polar surface area (TPSA) is 53.1 Å². The molecule has 3 aromatic rings. The molecule has 0 saturated heterocycles. The third-order valence-corrected chi connectivity index (χ3v) is 4.88. The summed E-state index contributed by atoms with van der Waals surface area (Å²) in [5.74, 6) is -0.819. The van der Waals surface area contributed by atoms with E-state index in [9.17, 15) is 4.79 Å². The molecule has 3 nitrogen and oxygen atoms in total. The van der Waals surface area contributed by atoms with Crippen molar-refractivity contribution in [2.45, 2.75) is 13.3 Å². The summed E-state index contributed by atoms with van der Waals surface area (Å²) >= 11 is 5.18. The number of carbonyl (C=O) groups is 1. The van der Waals surface area contributed by atoms with E-state index < -0.39 is 5.97 Å². The van der Waals surface area contributed by atoms with Gasteiger partial charge in [-0.15, -0.1) is 11.3 Å². The van der Waals surface area contributed by atoms with Gasteiger partial charge in [-0.25, -0.2) is 0 Å². The lowest BCUT2D eigenvalue weighted by molar-refractivity contribution is -0.136. The third kappa shape index (κ3) is 2.27. The quantitative estimate of drug-likeness (QED) is 0.726. The third-order valence-electron chi connectivity index (χ3n) is 3.21. The van der Waals surface area contributed by atoms with Gasteiger partial charge >= 0.3 is 5.97 Å². The number of rotatable bonds is 3. The Hall–Kier alpha value is -1.59. The summed E-state index contributed by atoms with van der Waals surface area (Å²) in [5.41, 5.74) is 2.70. The van der Waals surface area contributed by atoms with Crippen LogP contribution in [0, 0.1) is 6.92 Å². The smallest absolute Gasteiger partial charge is 0.307 e. The Morgan fingerprint density at radius 2 is 2.15 bits per heavy atom. The molecule has 0 aliphatic rings. The standard InChI is InChI=1S/C15H12BrNO2S/c1-8-5-6-12(20-8)15-10(7-13(18)19)9-3-2-4-11(16)14(9)17-15/h2-6,17H,7H2,1H3,(H,18,19). The van der Waals surface area contributed by atoms with Crippen molar-refractivity contribution in [2.24, 2.45) is 0 Å². The minimum Gasteiger partial charge on any atom is -0.481 e. The SMILES string of the molecule is Cc1ccc(-c2[nH]c3c(Br)cccc3c2CC(=O)O)s1. The molecule has 3 rings (SSSR count). The van der Waals surface area contributed by atoms with Crippen LogP contribution in [0.2, 0.25) is 0 Å². The molecule has 0 amide bonds. The zero-order chi connectivity index (χ0) is 14.3.